The first-order valence-electron chi connectivity index (χ1n) is 9.22. The average molecular weight is 428 g/mol. The molecule has 4 rings (SSSR count). The first kappa shape index (κ1) is 19.9. The summed E-state index contributed by atoms with van der Waals surface area (Å²) < 4.78 is 36.4. The predicted octanol–water partition coefficient (Wildman–Crippen LogP) is 1.89. The van der Waals surface area contributed by atoms with Crippen molar-refractivity contribution in [2.75, 3.05) is 17.1 Å². The number of rotatable bonds is 5. The molecule has 156 valence electrons. The van der Waals surface area contributed by atoms with Crippen molar-refractivity contribution >= 4 is 21.6 Å². The average Bonchev–Trinajstić information content (AvgIpc) is 3.20. The molecule has 1 aliphatic heterocycles. The molecule has 10 heteroatoms. The number of carbonyl (C=O) groups excluding carboxylic acids is 1. The molecule has 0 bridgehead atoms. The van der Waals surface area contributed by atoms with E-state index in [2.05, 4.69) is 15.5 Å². The molecule has 0 saturated heterocycles. The van der Waals surface area contributed by atoms with E-state index in [1.165, 1.54) is 0 Å². The van der Waals surface area contributed by atoms with E-state index in [0.29, 0.717) is 17.3 Å². The summed E-state index contributed by atoms with van der Waals surface area (Å²) in [5, 5.41) is 6.59. The number of para-hydroxylation sites is 2. The number of hydrogen-bond donors (Lipinski definition) is 1. The van der Waals surface area contributed by atoms with Gasteiger partial charge in [0.2, 0.25) is 21.7 Å². The van der Waals surface area contributed by atoms with Crippen LogP contribution in [0.1, 0.15) is 11.5 Å². The van der Waals surface area contributed by atoms with Gasteiger partial charge in [0.1, 0.15) is 5.75 Å². The minimum Gasteiger partial charge on any atom is -0.476 e. The van der Waals surface area contributed by atoms with E-state index in [4.69, 9.17) is 9.26 Å². The normalized spacial score (nSPS) is 15.9. The second kappa shape index (κ2) is 7.79. The highest BCUT2D eigenvalue weighted by atomic mass is 32.2. The molecule has 1 aromatic heterocycles. The molecule has 2 heterocycles. The first-order valence-corrected chi connectivity index (χ1v) is 11.1. The standard InChI is InChI=1S/C20H20N4O5S/c1-13-7-9-14(10-8-13)19-22-18(29-23-19)11-21-20(25)17-12-24(30(2,26)27)15-5-3-4-6-16(15)28-17/h3-10,17H,11-12H2,1-2H3,(H,21,25)/t17-/m1/s1. The number of fused-ring (bicyclic) bond motifs is 1. The third kappa shape index (κ3) is 4.13. The summed E-state index contributed by atoms with van der Waals surface area (Å²) in [6.45, 7) is 1.86. The lowest BCUT2D eigenvalue weighted by atomic mass is 10.1. The Balaban J connectivity index is 1.44. The summed E-state index contributed by atoms with van der Waals surface area (Å²) >= 11 is 0. The van der Waals surface area contributed by atoms with E-state index in [1.807, 2.05) is 31.2 Å². The number of hydrogen-bond acceptors (Lipinski definition) is 7. The van der Waals surface area contributed by atoms with Crippen LogP contribution in [0.15, 0.2) is 53.1 Å². The van der Waals surface area contributed by atoms with Gasteiger partial charge in [0, 0.05) is 5.56 Å². The highest BCUT2D eigenvalue weighted by molar-refractivity contribution is 7.92. The van der Waals surface area contributed by atoms with E-state index in [9.17, 15) is 13.2 Å². The monoisotopic (exact) mass is 428 g/mol. The second-order valence-corrected chi connectivity index (χ2v) is 8.87. The molecule has 0 radical (unpaired) electrons. The Bertz CT molecular complexity index is 1170. The largest absolute Gasteiger partial charge is 0.476 e. The van der Waals surface area contributed by atoms with Crippen molar-refractivity contribution in [2.45, 2.75) is 19.6 Å². The first-order chi connectivity index (χ1) is 14.3. The van der Waals surface area contributed by atoms with Crippen molar-refractivity contribution in [2.24, 2.45) is 0 Å². The minimum absolute atomic E-state index is 0.00191. The number of aromatic nitrogens is 2. The van der Waals surface area contributed by atoms with Crippen LogP contribution in [0.5, 0.6) is 5.75 Å². The van der Waals surface area contributed by atoms with Gasteiger partial charge in [0.05, 0.1) is 25.0 Å². The number of carbonyl (C=O) groups is 1. The topological polar surface area (TPSA) is 115 Å². The number of nitrogens with zero attached hydrogens (tertiary/aromatic N) is 3. The molecule has 0 unspecified atom stereocenters. The Labute approximate surface area is 173 Å². The van der Waals surface area contributed by atoms with Gasteiger partial charge in [-0.05, 0) is 19.1 Å². The van der Waals surface area contributed by atoms with Gasteiger partial charge >= 0.3 is 0 Å². The van der Waals surface area contributed by atoms with Gasteiger partial charge in [-0.25, -0.2) is 8.42 Å². The van der Waals surface area contributed by atoms with Gasteiger partial charge in [-0.2, -0.15) is 4.98 Å². The highest BCUT2D eigenvalue weighted by Crippen LogP contribution is 2.34. The Morgan fingerprint density at radius 3 is 2.67 bits per heavy atom. The SMILES string of the molecule is Cc1ccc(-c2noc(CNC(=O)[C@H]3CN(S(C)(=O)=O)c4ccccc4O3)n2)cc1. The number of aryl methyl sites for hydroxylation is 1. The van der Waals surface area contributed by atoms with Crippen molar-refractivity contribution in [3.8, 4) is 17.1 Å². The smallest absolute Gasteiger partial charge is 0.263 e. The lowest BCUT2D eigenvalue weighted by Crippen LogP contribution is -2.50. The molecule has 0 spiro atoms. The van der Waals surface area contributed by atoms with Crippen LogP contribution in [0.25, 0.3) is 11.4 Å². The zero-order valence-electron chi connectivity index (χ0n) is 16.4. The number of nitrogens with one attached hydrogen (secondary N) is 1. The number of anilines is 1. The van der Waals surface area contributed by atoms with Crippen molar-refractivity contribution in [3.05, 3.63) is 60.0 Å². The van der Waals surface area contributed by atoms with Crippen LogP contribution in [0.2, 0.25) is 0 Å². The molecule has 2 aromatic carbocycles. The second-order valence-electron chi connectivity index (χ2n) is 6.96. The Morgan fingerprint density at radius 1 is 1.20 bits per heavy atom. The highest BCUT2D eigenvalue weighted by Gasteiger charge is 2.34. The molecule has 1 amide bonds. The molecule has 30 heavy (non-hydrogen) atoms. The quantitative estimate of drug-likeness (QED) is 0.660. The predicted molar refractivity (Wildman–Crippen MR) is 109 cm³/mol. The molecule has 1 N–H and O–H groups in total. The maximum atomic E-state index is 12.6. The summed E-state index contributed by atoms with van der Waals surface area (Å²) in [7, 11) is -3.57. The molecule has 0 saturated carbocycles. The van der Waals surface area contributed by atoms with Crippen LogP contribution in [0, 0.1) is 6.92 Å². The fourth-order valence-corrected chi connectivity index (χ4v) is 3.99. The molecule has 3 aromatic rings. The lowest BCUT2D eigenvalue weighted by Gasteiger charge is -2.33. The zero-order chi connectivity index (χ0) is 21.3. The summed E-state index contributed by atoms with van der Waals surface area (Å²) in [5.41, 5.74) is 2.33. The lowest BCUT2D eigenvalue weighted by molar-refractivity contribution is -0.128. The number of ether oxygens (including phenoxy) is 1. The number of amides is 1. The van der Waals surface area contributed by atoms with Gasteiger partial charge in [0.15, 0.2) is 6.10 Å². The van der Waals surface area contributed by atoms with Crippen molar-refractivity contribution in [1.29, 1.82) is 0 Å². The molecule has 0 aliphatic carbocycles. The van der Waals surface area contributed by atoms with E-state index in [-0.39, 0.29) is 19.0 Å². The van der Waals surface area contributed by atoms with Gasteiger partial charge in [-0.15, -0.1) is 0 Å². The summed E-state index contributed by atoms with van der Waals surface area (Å²) in [5.74, 6) is 0.502. The summed E-state index contributed by atoms with van der Waals surface area (Å²) in [6.07, 6.45) is 0.0869. The Morgan fingerprint density at radius 2 is 1.93 bits per heavy atom. The molecule has 9 nitrogen and oxygen atoms in total. The van der Waals surface area contributed by atoms with Gasteiger partial charge in [-0.3, -0.25) is 9.10 Å². The summed E-state index contributed by atoms with van der Waals surface area (Å²) in [4.78, 5) is 16.9. The van der Waals surface area contributed by atoms with E-state index in [1.54, 1.807) is 24.3 Å². The van der Waals surface area contributed by atoms with Gasteiger partial charge < -0.3 is 14.6 Å². The van der Waals surface area contributed by atoms with Gasteiger partial charge in [-0.1, -0.05) is 47.1 Å². The van der Waals surface area contributed by atoms with Crippen LogP contribution in [-0.2, 0) is 21.4 Å². The fourth-order valence-electron chi connectivity index (χ4n) is 3.08. The molecular formula is C20H20N4O5S. The molecular weight excluding hydrogens is 408 g/mol. The van der Waals surface area contributed by atoms with Crippen LogP contribution in [0.4, 0.5) is 5.69 Å². The Hall–Kier alpha value is -3.40. The van der Waals surface area contributed by atoms with Gasteiger partial charge in [0.25, 0.3) is 5.91 Å². The zero-order valence-corrected chi connectivity index (χ0v) is 17.2. The maximum Gasteiger partial charge on any atom is 0.263 e. The Kier molecular flexibility index (Phi) is 5.17. The van der Waals surface area contributed by atoms with Crippen molar-refractivity contribution in [1.82, 2.24) is 15.5 Å². The number of benzene rings is 2. The van der Waals surface area contributed by atoms with E-state index < -0.39 is 22.0 Å². The van der Waals surface area contributed by atoms with Crippen LogP contribution < -0.4 is 14.4 Å². The summed E-state index contributed by atoms with van der Waals surface area (Å²) in [6, 6.07) is 14.3. The maximum absolute atomic E-state index is 12.6. The minimum atomic E-state index is -3.57. The van der Waals surface area contributed by atoms with Crippen molar-refractivity contribution < 1.29 is 22.5 Å². The van der Waals surface area contributed by atoms with Crippen LogP contribution in [0.3, 0.4) is 0 Å². The molecule has 1 atom stereocenters. The molecule has 0 fully saturated rings. The van der Waals surface area contributed by atoms with Crippen LogP contribution in [-0.4, -0.2) is 43.4 Å². The van der Waals surface area contributed by atoms with Crippen LogP contribution >= 0.6 is 0 Å². The van der Waals surface area contributed by atoms with E-state index >= 15 is 0 Å². The molecule has 1 aliphatic rings. The van der Waals surface area contributed by atoms with E-state index in [0.717, 1.165) is 21.7 Å². The van der Waals surface area contributed by atoms with Crippen molar-refractivity contribution in [3.63, 3.8) is 0 Å². The third-order valence-electron chi connectivity index (χ3n) is 4.62. The third-order valence-corrected chi connectivity index (χ3v) is 5.77. The number of sulfonamides is 1. The fraction of sp³-hybridized carbons (Fsp3) is 0.250.